The fourth-order valence-electron chi connectivity index (χ4n) is 3.59. The number of rotatable bonds is 5. The van der Waals surface area contributed by atoms with Crippen LogP contribution in [-0.4, -0.2) is 26.8 Å². The third-order valence-electron chi connectivity index (χ3n) is 5.23. The number of carboxylic acid groups (broad SMARTS) is 1. The molecule has 2 N–H and O–H groups in total. The summed E-state index contributed by atoms with van der Waals surface area (Å²) < 4.78 is 1.89. The number of amides is 1. The summed E-state index contributed by atoms with van der Waals surface area (Å²) in [6.45, 7) is 6.13. The summed E-state index contributed by atoms with van der Waals surface area (Å²) >= 11 is 0. The lowest BCUT2D eigenvalue weighted by atomic mass is 10.0. The SMILES string of the molecule is CC(C)(C)n1nc(C(=O)NC(C(=O)O)c2ccc3ccccc3c2)cc1C1CC1. The molecule has 1 fully saturated rings. The summed E-state index contributed by atoms with van der Waals surface area (Å²) in [7, 11) is 0. The molecule has 3 aromatic rings. The highest BCUT2D eigenvalue weighted by Gasteiger charge is 2.33. The minimum absolute atomic E-state index is 0.249. The summed E-state index contributed by atoms with van der Waals surface area (Å²) in [6, 6.07) is 13.8. The van der Waals surface area contributed by atoms with Crippen molar-refractivity contribution < 1.29 is 14.7 Å². The largest absolute Gasteiger partial charge is 0.479 e. The van der Waals surface area contributed by atoms with E-state index in [1.54, 1.807) is 18.2 Å². The third-order valence-corrected chi connectivity index (χ3v) is 5.23. The van der Waals surface area contributed by atoms with E-state index in [4.69, 9.17) is 0 Å². The van der Waals surface area contributed by atoms with Crippen LogP contribution in [0.4, 0.5) is 0 Å². The summed E-state index contributed by atoms with van der Waals surface area (Å²) in [5.41, 5.74) is 1.58. The second-order valence-electron chi connectivity index (χ2n) is 8.66. The second kappa shape index (κ2) is 7.03. The van der Waals surface area contributed by atoms with Gasteiger partial charge in [0.25, 0.3) is 5.91 Å². The number of benzene rings is 2. The van der Waals surface area contributed by atoms with Crippen LogP contribution in [0.3, 0.4) is 0 Å². The van der Waals surface area contributed by atoms with E-state index in [0.717, 1.165) is 29.3 Å². The molecule has 1 amide bonds. The quantitative estimate of drug-likeness (QED) is 0.682. The van der Waals surface area contributed by atoms with E-state index in [2.05, 4.69) is 10.4 Å². The molecular formula is C23H25N3O3. The van der Waals surface area contributed by atoms with Gasteiger partial charge >= 0.3 is 5.97 Å². The number of hydrogen-bond donors (Lipinski definition) is 2. The number of carboxylic acids is 1. The van der Waals surface area contributed by atoms with Gasteiger partial charge in [0.2, 0.25) is 0 Å². The Morgan fingerprint density at radius 2 is 1.79 bits per heavy atom. The number of fused-ring (bicyclic) bond motifs is 1. The van der Waals surface area contributed by atoms with Gasteiger partial charge in [0.15, 0.2) is 11.7 Å². The Labute approximate surface area is 169 Å². The fourth-order valence-corrected chi connectivity index (χ4v) is 3.59. The lowest BCUT2D eigenvalue weighted by molar-refractivity contribution is -0.139. The molecule has 0 bridgehead atoms. The van der Waals surface area contributed by atoms with Gasteiger partial charge in [-0.15, -0.1) is 0 Å². The van der Waals surface area contributed by atoms with E-state index in [1.165, 1.54) is 0 Å². The molecular weight excluding hydrogens is 366 g/mol. The van der Waals surface area contributed by atoms with Gasteiger partial charge in [-0.3, -0.25) is 9.48 Å². The average molecular weight is 391 g/mol. The summed E-state index contributed by atoms with van der Waals surface area (Å²) in [6.07, 6.45) is 2.19. The summed E-state index contributed by atoms with van der Waals surface area (Å²) in [5.74, 6) is -1.15. The predicted molar refractivity (Wildman–Crippen MR) is 111 cm³/mol. The van der Waals surface area contributed by atoms with Gasteiger partial charge < -0.3 is 10.4 Å². The van der Waals surface area contributed by atoms with Crippen molar-refractivity contribution in [3.63, 3.8) is 0 Å². The van der Waals surface area contributed by atoms with E-state index in [9.17, 15) is 14.7 Å². The van der Waals surface area contributed by atoms with Gasteiger partial charge in [-0.2, -0.15) is 5.10 Å². The standard InChI is InChI=1S/C23H25N3O3/c1-23(2,3)26-19(15-9-10-15)13-18(25-26)21(27)24-20(22(28)29)17-11-8-14-6-4-5-7-16(14)12-17/h4-8,11-13,15,20H,9-10H2,1-3H3,(H,24,27)(H,28,29). The topological polar surface area (TPSA) is 84.2 Å². The molecule has 6 heteroatoms. The molecule has 0 aliphatic heterocycles. The Bertz CT molecular complexity index is 1090. The zero-order valence-corrected chi connectivity index (χ0v) is 16.8. The molecule has 150 valence electrons. The van der Waals surface area contributed by atoms with Gasteiger partial charge in [0, 0.05) is 11.6 Å². The zero-order valence-electron chi connectivity index (χ0n) is 16.8. The molecule has 1 unspecified atom stereocenters. The Morgan fingerprint density at radius 1 is 1.10 bits per heavy atom. The Kier molecular flexibility index (Phi) is 4.65. The first-order valence-electron chi connectivity index (χ1n) is 9.87. The minimum Gasteiger partial charge on any atom is -0.479 e. The van der Waals surface area contributed by atoms with Crippen LogP contribution in [-0.2, 0) is 10.3 Å². The van der Waals surface area contributed by atoms with Crippen molar-refractivity contribution in [3.8, 4) is 0 Å². The highest BCUT2D eigenvalue weighted by Crippen LogP contribution is 2.41. The van der Waals surface area contributed by atoms with Crippen molar-refractivity contribution in [3.05, 3.63) is 65.5 Å². The minimum atomic E-state index is -1.14. The van der Waals surface area contributed by atoms with Gasteiger partial charge in [0.05, 0.1) is 5.54 Å². The molecule has 1 atom stereocenters. The van der Waals surface area contributed by atoms with Crippen LogP contribution in [0.1, 0.15) is 67.3 Å². The van der Waals surface area contributed by atoms with Gasteiger partial charge in [-0.05, 0) is 62.1 Å². The van der Waals surface area contributed by atoms with Crippen LogP contribution in [0.15, 0.2) is 48.5 Å². The highest BCUT2D eigenvalue weighted by atomic mass is 16.4. The lowest BCUT2D eigenvalue weighted by Gasteiger charge is -2.22. The Hall–Kier alpha value is -3.15. The molecule has 0 radical (unpaired) electrons. The molecule has 1 aromatic heterocycles. The first-order chi connectivity index (χ1) is 13.7. The van der Waals surface area contributed by atoms with Gasteiger partial charge in [-0.1, -0.05) is 36.4 Å². The molecule has 1 heterocycles. The van der Waals surface area contributed by atoms with Crippen LogP contribution in [0.25, 0.3) is 10.8 Å². The van der Waals surface area contributed by atoms with Crippen molar-refractivity contribution in [1.82, 2.24) is 15.1 Å². The number of aliphatic carboxylic acids is 1. The maximum absolute atomic E-state index is 12.9. The van der Waals surface area contributed by atoms with Crippen molar-refractivity contribution in [2.24, 2.45) is 0 Å². The molecule has 4 rings (SSSR count). The maximum Gasteiger partial charge on any atom is 0.330 e. The monoisotopic (exact) mass is 391 g/mol. The van der Waals surface area contributed by atoms with Crippen molar-refractivity contribution >= 4 is 22.6 Å². The Morgan fingerprint density at radius 3 is 2.41 bits per heavy atom. The molecule has 2 aromatic carbocycles. The van der Waals surface area contributed by atoms with E-state index >= 15 is 0 Å². The number of carbonyl (C=O) groups excluding carboxylic acids is 1. The molecule has 29 heavy (non-hydrogen) atoms. The van der Waals surface area contributed by atoms with Crippen LogP contribution >= 0.6 is 0 Å². The third kappa shape index (κ3) is 3.88. The average Bonchev–Trinajstić information content (AvgIpc) is 3.42. The number of carbonyl (C=O) groups is 2. The van der Waals surface area contributed by atoms with Crippen LogP contribution in [0, 0.1) is 0 Å². The highest BCUT2D eigenvalue weighted by molar-refractivity contribution is 5.96. The second-order valence-corrected chi connectivity index (χ2v) is 8.66. The first kappa shape index (κ1) is 19.2. The van der Waals surface area contributed by atoms with E-state index in [-0.39, 0.29) is 11.2 Å². The molecule has 0 spiro atoms. The van der Waals surface area contributed by atoms with Crippen LogP contribution < -0.4 is 5.32 Å². The van der Waals surface area contributed by atoms with Gasteiger partial charge in [0.1, 0.15) is 0 Å². The van der Waals surface area contributed by atoms with E-state index in [1.807, 2.05) is 55.8 Å². The summed E-state index contributed by atoms with van der Waals surface area (Å²) in [4.78, 5) is 24.8. The maximum atomic E-state index is 12.9. The number of aromatic nitrogens is 2. The van der Waals surface area contributed by atoms with Gasteiger partial charge in [-0.25, -0.2) is 4.79 Å². The first-order valence-corrected chi connectivity index (χ1v) is 9.87. The predicted octanol–water partition coefficient (Wildman–Crippen LogP) is 4.22. The number of nitrogens with zero attached hydrogens (tertiary/aromatic N) is 2. The molecule has 0 saturated heterocycles. The molecule has 1 aliphatic carbocycles. The van der Waals surface area contributed by atoms with E-state index in [0.29, 0.717) is 11.5 Å². The van der Waals surface area contributed by atoms with Crippen molar-refractivity contribution in [1.29, 1.82) is 0 Å². The fraction of sp³-hybridized carbons (Fsp3) is 0.348. The van der Waals surface area contributed by atoms with Crippen LogP contribution in [0.2, 0.25) is 0 Å². The number of hydrogen-bond acceptors (Lipinski definition) is 3. The van der Waals surface area contributed by atoms with E-state index < -0.39 is 17.9 Å². The van der Waals surface area contributed by atoms with Crippen LogP contribution in [0.5, 0.6) is 0 Å². The smallest absolute Gasteiger partial charge is 0.330 e. The normalized spacial score (nSPS) is 15.3. The van der Waals surface area contributed by atoms with Crippen molar-refractivity contribution in [2.45, 2.75) is 51.1 Å². The molecule has 1 aliphatic rings. The van der Waals surface area contributed by atoms with Crippen molar-refractivity contribution in [2.75, 3.05) is 0 Å². The molecule has 6 nitrogen and oxygen atoms in total. The Balaban J connectivity index is 1.63. The lowest BCUT2D eigenvalue weighted by Crippen LogP contribution is -2.34. The zero-order chi connectivity index (χ0) is 20.8. The number of nitrogens with one attached hydrogen (secondary N) is 1. The molecule has 1 saturated carbocycles. The summed E-state index contributed by atoms with van der Waals surface area (Å²) in [5, 5.41) is 18.9.